The zero-order valence-electron chi connectivity index (χ0n) is 31.8. The predicted octanol–water partition coefficient (Wildman–Crippen LogP) is 12.5. The summed E-state index contributed by atoms with van der Waals surface area (Å²) in [6, 6.07) is 71.8. The van der Waals surface area contributed by atoms with Crippen molar-refractivity contribution in [2.45, 2.75) is 0 Å². The van der Waals surface area contributed by atoms with Gasteiger partial charge in [0.25, 0.3) is 0 Å². The summed E-state index contributed by atoms with van der Waals surface area (Å²) in [7, 11) is 0. The lowest BCUT2D eigenvalue weighted by atomic mass is 9.50. The van der Waals surface area contributed by atoms with E-state index in [1.807, 2.05) is 0 Å². The minimum atomic E-state index is -0.303. The Morgan fingerprint density at radius 3 is 1.37 bits per heavy atom. The van der Waals surface area contributed by atoms with E-state index in [4.69, 9.17) is 9.39 Å². The molecule has 9 aromatic carbocycles. The first kappa shape index (κ1) is 32.3. The Hall–Kier alpha value is -7.76. The van der Waals surface area contributed by atoms with E-state index < -0.39 is 0 Å². The maximum atomic E-state index is 7.02. The van der Waals surface area contributed by atoms with Crippen LogP contribution < -0.4 is 20.3 Å². The van der Waals surface area contributed by atoms with Gasteiger partial charge in [-0.3, -0.25) is 0 Å². The van der Waals surface area contributed by atoms with Crippen LogP contribution >= 0.6 is 0 Å². The summed E-state index contributed by atoms with van der Waals surface area (Å²) < 4.78 is 18.4. The fourth-order valence-electron chi connectivity index (χ4n) is 9.76. The summed E-state index contributed by atoms with van der Waals surface area (Å²) in [4.78, 5) is 0. The zero-order valence-corrected chi connectivity index (χ0v) is 31.8. The number of aromatic nitrogens is 2. The molecular formula is C54H33BN2O2. The Kier molecular flexibility index (Phi) is 6.78. The predicted molar refractivity (Wildman–Crippen MR) is 244 cm³/mol. The molecule has 0 aliphatic carbocycles. The molecule has 274 valence electrons. The fraction of sp³-hybridized carbons (Fsp3) is 0. The van der Waals surface area contributed by atoms with Gasteiger partial charge in [0, 0.05) is 49.4 Å². The maximum Gasteiger partial charge on any atom is 0.434 e. The molecule has 0 saturated carbocycles. The number of nitrogens with zero attached hydrogens (tertiary/aromatic N) is 2. The number of para-hydroxylation sites is 4. The SMILES string of the molecule is c1cc(-c2ccc3c(c2)B2Oc4ccc(-c5cccc(-n6c7ccccc7c7ccccc76)c5)cc4-c4cccc(c42)O3)cc(-n2c3ccccc3c3ccccc32)c1. The fourth-order valence-corrected chi connectivity index (χ4v) is 9.76. The lowest BCUT2D eigenvalue weighted by molar-refractivity contribution is 0.479. The van der Waals surface area contributed by atoms with Crippen molar-refractivity contribution in [2.75, 3.05) is 0 Å². The summed E-state index contributed by atoms with van der Waals surface area (Å²) in [5.74, 6) is 2.53. The Balaban J connectivity index is 0.883. The van der Waals surface area contributed by atoms with Crippen molar-refractivity contribution in [3.05, 3.63) is 200 Å². The largest absolute Gasteiger partial charge is 0.551 e. The van der Waals surface area contributed by atoms with Crippen LogP contribution in [0.5, 0.6) is 17.2 Å². The molecule has 4 heterocycles. The highest BCUT2D eigenvalue weighted by molar-refractivity contribution is 6.84. The smallest absolute Gasteiger partial charge is 0.434 e. The van der Waals surface area contributed by atoms with E-state index in [2.05, 4.69) is 209 Å². The molecule has 0 amide bonds. The molecule has 4 nitrogen and oxygen atoms in total. The Bertz CT molecular complexity index is 3430. The quantitative estimate of drug-likeness (QED) is 0.168. The third-order valence-electron chi connectivity index (χ3n) is 12.4. The number of benzene rings is 9. The van der Waals surface area contributed by atoms with Crippen LogP contribution in [0, 0.1) is 0 Å². The Morgan fingerprint density at radius 1 is 0.339 bits per heavy atom. The van der Waals surface area contributed by atoms with Gasteiger partial charge in [-0.2, -0.15) is 0 Å². The van der Waals surface area contributed by atoms with Crippen molar-refractivity contribution >= 4 is 61.5 Å². The monoisotopic (exact) mass is 752 g/mol. The van der Waals surface area contributed by atoms with E-state index in [1.165, 1.54) is 43.6 Å². The van der Waals surface area contributed by atoms with E-state index >= 15 is 0 Å². The van der Waals surface area contributed by atoms with E-state index in [9.17, 15) is 0 Å². The molecule has 0 atom stereocenters. The van der Waals surface area contributed by atoms with Crippen LogP contribution in [0.15, 0.2) is 200 Å². The number of rotatable bonds is 4. The summed E-state index contributed by atoms with van der Waals surface area (Å²) in [5.41, 5.74) is 15.9. The summed E-state index contributed by atoms with van der Waals surface area (Å²) in [6.45, 7) is -0.303. The standard InChI is InChI=1S/C54H33BN2O2/c1-5-21-47-40(16-1)41-17-2-6-22-48(41)56(47)38-14-9-12-34(30-38)36-26-28-51-45(32-36)44-20-11-25-53-54(44)55(59-51)46-33-37(27-29-52(46)58-53)35-13-10-15-39(31-35)57-49-23-7-3-18-42(49)43-19-4-8-24-50(43)57/h1-33H. The van der Waals surface area contributed by atoms with E-state index in [1.54, 1.807) is 0 Å². The molecule has 0 spiro atoms. The minimum Gasteiger partial charge on any atom is -0.551 e. The van der Waals surface area contributed by atoms with Crippen molar-refractivity contribution < 1.29 is 9.39 Å². The van der Waals surface area contributed by atoms with Crippen LogP contribution in [0.4, 0.5) is 0 Å². The topological polar surface area (TPSA) is 28.3 Å². The van der Waals surface area contributed by atoms with E-state index in [0.29, 0.717) is 0 Å². The van der Waals surface area contributed by atoms with Crippen LogP contribution in [0.3, 0.4) is 0 Å². The van der Waals surface area contributed by atoms with Gasteiger partial charge in [-0.15, -0.1) is 0 Å². The molecule has 0 bridgehead atoms. The number of hydrogen-bond acceptors (Lipinski definition) is 2. The summed E-state index contributed by atoms with van der Waals surface area (Å²) in [6.07, 6.45) is 0. The average molecular weight is 753 g/mol. The van der Waals surface area contributed by atoms with Gasteiger partial charge >= 0.3 is 6.92 Å². The van der Waals surface area contributed by atoms with Gasteiger partial charge in [0.05, 0.1) is 22.1 Å². The average Bonchev–Trinajstić information content (AvgIpc) is 3.82. The maximum absolute atomic E-state index is 7.02. The van der Waals surface area contributed by atoms with Gasteiger partial charge < -0.3 is 18.5 Å². The molecule has 2 aliphatic heterocycles. The van der Waals surface area contributed by atoms with Gasteiger partial charge in [0.15, 0.2) is 0 Å². The molecule has 59 heavy (non-hydrogen) atoms. The van der Waals surface area contributed by atoms with E-state index in [0.717, 1.165) is 72.9 Å². The van der Waals surface area contributed by atoms with E-state index in [-0.39, 0.29) is 6.92 Å². The Morgan fingerprint density at radius 2 is 0.814 bits per heavy atom. The van der Waals surface area contributed by atoms with Crippen molar-refractivity contribution in [1.82, 2.24) is 9.13 Å². The van der Waals surface area contributed by atoms with Crippen LogP contribution in [0.1, 0.15) is 0 Å². The lowest BCUT2D eigenvalue weighted by Gasteiger charge is -2.33. The second-order valence-corrected chi connectivity index (χ2v) is 15.6. The molecule has 13 rings (SSSR count). The molecule has 0 radical (unpaired) electrons. The highest BCUT2D eigenvalue weighted by atomic mass is 16.5. The lowest BCUT2D eigenvalue weighted by Crippen LogP contribution is -2.53. The highest BCUT2D eigenvalue weighted by Gasteiger charge is 2.40. The molecular weight excluding hydrogens is 719 g/mol. The van der Waals surface area contributed by atoms with Crippen LogP contribution in [0.25, 0.3) is 88.4 Å². The molecule has 11 aromatic rings. The third kappa shape index (κ3) is 4.79. The van der Waals surface area contributed by atoms with Gasteiger partial charge in [-0.05, 0) is 101 Å². The molecule has 2 aliphatic rings. The summed E-state index contributed by atoms with van der Waals surface area (Å²) >= 11 is 0. The first-order chi connectivity index (χ1) is 29.2. The molecule has 0 fully saturated rings. The second kappa shape index (κ2) is 12.4. The first-order valence-electron chi connectivity index (χ1n) is 20.2. The number of fused-ring (bicyclic) bond motifs is 10. The Labute approximate surface area is 340 Å². The molecule has 0 unspecified atom stereocenters. The van der Waals surface area contributed by atoms with Gasteiger partial charge in [0.2, 0.25) is 0 Å². The van der Waals surface area contributed by atoms with Crippen molar-refractivity contribution in [3.63, 3.8) is 0 Å². The van der Waals surface area contributed by atoms with Crippen molar-refractivity contribution in [1.29, 1.82) is 0 Å². The van der Waals surface area contributed by atoms with Gasteiger partial charge in [-0.1, -0.05) is 127 Å². The molecule has 0 N–H and O–H groups in total. The molecule has 2 aromatic heterocycles. The van der Waals surface area contributed by atoms with Gasteiger partial charge in [0.1, 0.15) is 17.2 Å². The minimum absolute atomic E-state index is 0.303. The molecule has 5 heteroatoms. The van der Waals surface area contributed by atoms with Crippen LogP contribution in [0.2, 0.25) is 0 Å². The van der Waals surface area contributed by atoms with Gasteiger partial charge in [-0.25, -0.2) is 0 Å². The normalized spacial score (nSPS) is 12.6. The second-order valence-electron chi connectivity index (χ2n) is 15.6. The van der Waals surface area contributed by atoms with Crippen molar-refractivity contribution in [2.24, 2.45) is 0 Å². The van der Waals surface area contributed by atoms with Crippen LogP contribution in [-0.4, -0.2) is 16.0 Å². The van der Waals surface area contributed by atoms with Crippen LogP contribution in [-0.2, 0) is 0 Å². The first-order valence-corrected chi connectivity index (χ1v) is 20.2. The number of ether oxygens (including phenoxy) is 1. The number of hydrogen-bond donors (Lipinski definition) is 0. The zero-order chi connectivity index (χ0) is 38.6. The third-order valence-corrected chi connectivity index (χ3v) is 12.4. The highest BCUT2D eigenvalue weighted by Crippen LogP contribution is 2.42. The summed E-state index contributed by atoms with van der Waals surface area (Å²) in [5, 5.41) is 5.02. The van der Waals surface area contributed by atoms with Crippen molar-refractivity contribution in [3.8, 4) is 62.0 Å². The molecule has 0 saturated heterocycles.